The van der Waals surface area contributed by atoms with E-state index < -0.39 is 0 Å². The highest BCUT2D eigenvalue weighted by Gasteiger charge is 2.29. The molecule has 1 aromatic heterocycles. The van der Waals surface area contributed by atoms with E-state index in [2.05, 4.69) is 26.6 Å². The summed E-state index contributed by atoms with van der Waals surface area (Å²) in [7, 11) is 0. The molecule has 1 aliphatic carbocycles. The fourth-order valence-electron chi connectivity index (χ4n) is 2.16. The number of aromatic nitrogens is 1. The molecule has 19 heavy (non-hydrogen) atoms. The topological polar surface area (TPSA) is 49.0 Å². The molecule has 1 fully saturated rings. The molecule has 0 aliphatic heterocycles. The highest BCUT2D eigenvalue weighted by Crippen LogP contribution is 2.37. The number of hydrogen-bond donors (Lipinski definition) is 0. The third-order valence-corrected chi connectivity index (χ3v) is 3.79. The minimum atomic E-state index is -0.142. The van der Waals surface area contributed by atoms with Crippen LogP contribution in [0.4, 0.5) is 0 Å². The van der Waals surface area contributed by atoms with Gasteiger partial charge in [-0.3, -0.25) is 4.79 Å². The summed E-state index contributed by atoms with van der Waals surface area (Å²) >= 11 is 3.44. The zero-order valence-corrected chi connectivity index (χ0v) is 12.9. The molecule has 1 unspecified atom stereocenters. The van der Waals surface area contributed by atoms with Gasteiger partial charge in [0.05, 0.1) is 12.0 Å². The molecule has 1 heterocycles. The number of carbonyl (C=O) groups excluding carboxylic acids is 1. The lowest BCUT2D eigenvalue weighted by Crippen LogP contribution is -2.35. The van der Waals surface area contributed by atoms with Crippen molar-refractivity contribution in [2.24, 2.45) is 5.92 Å². The largest absolute Gasteiger partial charge is 0.339 e. The van der Waals surface area contributed by atoms with Gasteiger partial charge in [0.1, 0.15) is 5.69 Å². The molecule has 2 rings (SSSR count). The Morgan fingerprint density at radius 3 is 2.89 bits per heavy atom. The van der Waals surface area contributed by atoms with Gasteiger partial charge < -0.3 is 9.47 Å². The predicted octanol–water partition coefficient (Wildman–Crippen LogP) is 3.21. The molecule has 1 saturated carbocycles. The van der Waals surface area contributed by atoms with Gasteiger partial charge in [-0.2, -0.15) is 5.26 Å². The van der Waals surface area contributed by atoms with Crippen molar-refractivity contribution in [3.8, 4) is 6.07 Å². The quantitative estimate of drug-likeness (QED) is 0.835. The standard InChI is InChI=1S/C14H18BrN3O/c1-3-17(8-10(2)7-16)14(19)13-6-11(15)9-18(13)12-4-5-12/h6,9-10,12H,3-5,8H2,1-2H3. The average molecular weight is 324 g/mol. The fourth-order valence-corrected chi connectivity index (χ4v) is 2.60. The number of carbonyl (C=O) groups is 1. The summed E-state index contributed by atoms with van der Waals surface area (Å²) in [6, 6.07) is 4.53. The molecule has 0 saturated heterocycles. The minimum Gasteiger partial charge on any atom is -0.339 e. The maximum Gasteiger partial charge on any atom is 0.270 e. The average Bonchev–Trinajstić information content (AvgIpc) is 3.17. The van der Waals surface area contributed by atoms with Crippen LogP contribution in [-0.2, 0) is 0 Å². The Bertz CT molecular complexity index is 513. The first-order valence-electron chi connectivity index (χ1n) is 6.63. The van der Waals surface area contributed by atoms with Crippen LogP contribution < -0.4 is 0 Å². The number of rotatable bonds is 5. The Hall–Kier alpha value is -1.28. The van der Waals surface area contributed by atoms with Crippen LogP contribution >= 0.6 is 15.9 Å². The molecule has 1 amide bonds. The normalized spacial score (nSPS) is 15.9. The van der Waals surface area contributed by atoms with Gasteiger partial charge in [0.15, 0.2) is 0 Å². The molecule has 0 spiro atoms. The van der Waals surface area contributed by atoms with Gasteiger partial charge in [-0.25, -0.2) is 0 Å². The molecule has 1 aromatic rings. The van der Waals surface area contributed by atoms with Crippen LogP contribution in [0.25, 0.3) is 0 Å². The summed E-state index contributed by atoms with van der Waals surface area (Å²) in [6.07, 6.45) is 4.26. The van der Waals surface area contributed by atoms with Crippen molar-refractivity contribution < 1.29 is 4.79 Å². The van der Waals surface area contributed by atoms with E-state index in [4.69, 9.17) is 5.26 Å². The third kappa shape index (κ3) is 3.19. The molecule has 0 bridgehead atoms. The first kappa shape index (κ1) is 14.1. The van der Waals surface area contributed by atoms with Crippen LogP contribution in [0.2, 0.25) is 0 Å². The lowest BCUT2D eigenvalue weighted by Gasteiger charge is -2.22. The predicted molar refractivity (Wildman–Crippen MR) is 76.8 cm³/mol. The molecule has 0 radical (unpaired) electrons. The summed E-state index contributed by atoms with van der Waals surface area (Å²) in [5.74, 6) is -0.126. The molecule has 102 valence electrons. The first-order chi connectivity index (χ1) is 9.06. The maximum atomic E-state index is 12.6. The van der Waals surface area contributed by atoms with Crippen LogP contribution in [0, 0.1) is 17.2 Å². The van der Waals surface area contributed by atoms with Crippen molar-refractivity contribution in [3.63, 3.8) is 0 Å². The Kier molecular flexibility index (Phi) is 4.31. The van der Waals surface area contributed by atoms with E-state index in [9.17, 15) is 4.79 Å². The van der Waals surface area contributed by atoms with E-state index in [1.54, 1.807) is 4.90 Å². The van der Waals surface area contributed by atoms with E-state index in [1.165, 1.54) is 0 Å². The van der Waals surface area contributed by atoms with Gasteiger partial charge in [-0.15, -0.1) is 0 Å². The number of amides is 1. The van der Waals surface area contributed by atoms with Crippen molar-refractivity contribution >= 4 is 21.8 Å². The smallest absolute Gasteiger partial charge is 0.270 e. The number of nitrogens with zero attached hydrogens (tertiary/aromatic N) is 3. The SMILES string of the molecule is CCN(CC(C)C#N)C(=O)c1cc(Br)cn1C1CC1. The molecular weight excluding hydrogens is 306 g/mol. The van der Waals surface area contributed by atoms with Crippen molar-refractivity contribution in [1.29, 1.82) is 5.26 Å². The van der Waals surface area contributed by atoms with Crippen LogP contribution in [0.1, 0.15) is 43.2 Å². The zero-order valence-electron chi connectivity index (χ0n) is 11.3. The Balaban J connectivity index is 2.20. The number of halogens is 1. The molecule has 5 heteroatoms. The first-order valence-corrected chi connectivity index (χ1v) is 7.42. The van der Waals surface area contributed by atoms with Gasteiger partial charge in [-0.05, 0) is 48.7 Å². The summed E-state index contributed by atoms with van der Waals surface area (Å²) < 4.78 is 3.00. The van der Waals surface area contributed by atoms with Crippen LogP contribution in [0.3, 0.4) is 0 Å². The number of hydrogen-bond acceptors (Lipinski definition) is 2. The van der Waals surface area contributed by atoms with E-state index in [0.717, 1.165) is 23.0 Å². The Labute approximate surface area is 122 Å². The minimum absolute atomic E-state index is 0.0159. The van der Waals surface area contributed by atoms with Gasteiger partial charge in [0.2, 0.25) is 0 Å². The van der Waals surface area contributed by atoms with Crippen molar-refractivity contribution in [2.75, 3.05) is 13.1 Å². The van der Waals surface area contributed by atoms with Crippen molar-refractivity contribution in [2.45, 2.75) is 32.7 Å². The number of nitriles is 1. The van der Waals surface area contributed by atoms with Crippen LogP contribution in [0.15, 0.2) is 16.7 Å². The van der Waals surface area contributed by atoms with E-state index in [0.29, 0.717) is 19.1 Å². The van der Waals surface area contributed by atoms with Crippen LogP contribution in [-0.4, -0.2) is 28.5 Å². The van der Waals surface area contributed by atoms with Crippen LogP contribution in [0.5, 0.6) is 0 Å². The molecule has 4 nitrogen and oxygen atoms in total. The second-order valence-electron chi connectivity index (χ2n) is 5.06. The second kappa shape index (κ2) is 5.79. The summed E-state index contributed by atoms with van der Waals surface area (Å²) in [5, 5.41) is 8.89. The summed E-state index contributed by atoms with van der Waals surface area (Å²) in [4.78, 5) is 14.3. The summed E-state index contributed by atoms with van der Waals surface area (Å²) in [5.41, 5.74) is 0.723. The Morgan fingerprint density at radius 1 is 1.68 bits per heavy atom. The van der Waals surface area contributed by atoms with Gasteiger partial charge >= 0.3 is 0 Å². The van der Waals surface area contributed by atoms with Gasteiger partial charge in [0.25, 0.3) is 5.91 Å². The molecule has 1 atom stereocenters. The fraction of sp³-hybridized carbons (Fsp3) is 0.571. The monoisotopic (exact) mass is 323 g/mol. The highest BCUT2D eigenvalue weighted by atomic mass is 79.9. The second-order valence-corrected chi connectivity index (χ2v) is 5.97. The molecule has 1 aliphatic rings. The zero-order chi connectivity index (χ0) is 14.0. The van der Waals surface area contributed by atoms with Crippen molar-refractivity contribution in [3.05, 3.63) is 22.4 Å². The molecular formula is C14H18BrN3O. The lowest BCUT2D eigenvalue weighted by atomic mass is 10.2. The third-order valence-electron chi connectivity index (χ3n) is 3.36. The van der Waals surface area contributed by atoms with E-state index in [1.807, 2.05) is 26.1 Å². The molecule has 0 aromatic carbocycles. The Morgan fingerprint density at radius 2 is 2.37 bits per heavy atom. The highest BCUT2D eigenvalue weighted by molar-refractivity contribution is 9.10. The van der Waals surface area contributed by atoms with Gasteiger partial charge in [-0.1, -0.05) is 0 Å². The molecule has 0 N–H and O–H groups in total. The van der Waals surface area contributed by atoms with E-state index >= 15 is 0 Å². The van der Waals surface area contributed by atoms with E-state index in [-0.39, 0.29) is 11.8 Å². The van der Waals surface area contributed by atoms with Crippen molar-refractivity contribution in [1.82, 2.24) is 9.47 Å². The maximum absolute atomic E-state index is 12.6. The lowest BCUT2D eigenvalue weighted by molar-refractivity contribution is 0.0741. The van der Waals surface area contributed by atoms with Gasteiger partial charge in [0, 0.05) is 29.8 Å². The summed E-state index contributed by atoms with van der Waals surface area (Å²) in [6.45, 7) is 4.89.